The van der Waals surface area contributed by atoms with Crippen molar-refractivity contribution in [2.45, 2.75) is 6.61 Å². The number of carbonyl (C=O) groups is 1. The van der Waals surface area contributed by atoms with Crippen LogP contribution in [0, 0.1) is 5.82 Å². The number of nitrogen functional groups attached to an aromatic ring is 1. The number of anilines is 1. The van der Waals surface area contributed by atoms with E-state index in [1.807, 2.05) is 0 Å². The Bertz CT molecular complexity index is 580. The van der Waals surface area contributed by atoms with Crippen LogP contribution in [0.3, 0.4) is 0 Å². The molecule has 0 bridgehead atoms. The average Bonchev–Trinajstić information content (AvgIpc) is 2.66. The summed E-state index contributed by atoms with van der Waals surface area (Å²) in [5.41, 5.74) is 6.87. The molecule has 0 saturated carbocycles. The maximum atomic E-state index is 12.9. The molecule has 6 heteroatoms. The van der Waals surface area contributed by atoms with Gasteiger partial charge in [-0.25, -0.2) is 9.18 Å². The highest BCUT2D eigenvalue weighted by Crippen LogP contribution is 2.11. The van der Waals surface area contributed by atoms with Crippen LogP contribution in [0.25, 0.3) is 0 Å². The van der Waals surface area contributed by atoms with Gasteiger partial charge in [-0.1, -0.05) is 0 Å². The fraction of sp³-hybridized carbons (Fsp3) is 0.167. The van der Waals surface area contributed by atoms with Crippen LogP contribution in [-0.2, 0) is 18.4 Å². The van der Waals surface area contributed by atoms with Gasteiger partial charge in [0, 0.05) is 25.0 Å². The number of ether oxygens (including phenoxy) is 1. The number of aromatic nitrogens is 2. The van der Waals surface area contributed by atoms with Crippen LogP contribution >= 0.6 is 0 Å². The minimum Gasteiger partial charge on any atom is -0.456 e. The van der Waals surface area contributed by atoms with Crippen LogP contribution in [0.1, 0.15) is 16.1 Å². The van der Waals surface area contributed by atoms with E-state index in [-0.39, 0.29) is 6.61 Å². The van der Waals surface area contributed by atoms with Gasteiger partial charge >= 0.3 is 5.97 Å². The molecule has 2 rings (SSSR count). The van der Waals surface area contributed by atoms with Crippen molar-refractivity contribution < 1.29 is 13.9 Å². The summed E-state index contributed by atoms with van der Waals surface area (Å²) in [6.45, 7) is -0.0331. The molecule has 0 aliphatic carbocycles. The first kappa shape index (κ1) is 12.1. The molecule has 0 aliphatic rings. The second-order valence-electron chi connectivity index (χ2n) is 3.86. The van der Waals surface area contributed by atoms with Crippen molar-refractivity contribution in [3.05, 3.63) is 47.8 Å². The van der Waals surface area contributed by atoms with E-state index in [4.69, 9.17) is 10.5 Å². The van der Waals surface area contributed by atoms with Crippen LogP contribution < -0.4 is 5.73 Å². The summed E-state index contributed by atoms with van der Waals surface area (Å²) in [6, 6.07) is 2.78. The SMILES string of the molecule is Cn1cc(N)cc1C(=O)OCc1cncc(F)c1. The topological polar surface area (TPSA) is 70.1 Å². The minimum atomic E-state index is -0.515. The predicted molar refractivity (Wildman–Crippen MR) is 63.1 cm³/mol. The van der Waals surface area contributed by atoms with E-state index < -0.39 is 11.8 Å². The van der Waals surface area contributed by atoms with Crippen molar-refractivity contribution in [2.75, 3.05) is 5.73 Å². The number of esters is 1. The summed E-state index contributed by atoms with van der Waals surface area (Å²) in [6.07, 6.45) is 4.14. The van der Waals surface area contributed by atoms with E-state index in [0.29, 0.717) is 16.9 Å². The van der Waals surface area contributed by atoms with E-state index in [9.17, 15) is 9.18 Å². The number of hydrogen-bond acceptors (Lipinski definition) is 4. The number of nitrogens with two attached hydrogens (primary N) is 1. The lowest BCUT2D eigenvalue weighted by atomic mass is 10.3. The van der Waals surface area contributed by atoms with Gasteiger partial charge in [-0.05, 0) is 12.1 Å². The van der Waals surface area contributed by atoms with Crippen LogP contribution in [0.5, 0.6) is 0 Å². The van der Waals surface area contributed by atoms with Crippen molar-refractivity contribution in [3.8, 4) is 0 Å². The molecule has 0 aliphatic heterocycles. The maximum Gasteiger partial charge on any atom is 0.355 e. The van der Waals surface area contributed by atoms with Crippen molar-refractivity contribution in [1.29, 1.82) is 0 Å². The molecule has 2 heterocycles. The molecule has 18 heavy (non-hydrogen) atoms. The molecule has 0 atom stereocenters. The third kappa shape index (κ3) is 2.65. The van der Waals surface area contributed by atoms with Crippen molar-refractivity contribution in [1.82, 2.24) is 9.55 Å². The Morgan fingerprint density at radius 2 is 2.28 bits per heavy atom. The first-order valence-electron chi connectivity index (χ1n) is 5.24. The summed E-state index contributed by atoms with van der Waals surface area (Å²) >= 11 is 0. The molecular formula is C12H12FN3O2. The van der Waals surface area contributed by atoms with Gasteiger partial charge in [-0.2, -0.15) is 0 Å². The van der Waals surface area contributed by atoms with Gasteiger partial charge in [0.2, 0.25) is 0 Å². The molecule has 0 amide bonds. The van der Waals surface area contributed by atoms with Crippen LogP contribution in [0.2, 0.25) is 0 Å². The number of pyridine rings is 1. The lowest BCUT2D eigenvalue weighted by Gasteiger charge is -2.05. The van der Waals surface area contributed by atoms with Gasteiger partial charge in [-0.15, -0.1) is 0 Å². The Morgan fingerprint density at radius 3 is 2.89 bits per heavy atom. The number of hydrogen-bond donors (Lipinski definition) is 1. The fourth-order valence-electron chi connectivity index (χ4n) is 1.55. The molecular weight excluding hydrogens is 237 g/mol. The molecule has 2 aromatic heterocycles. The fourth-order valence-corrected chi connectivity index (χ4v) is 1.55. The Balaban J connectivity index is 2.03. The van der Waals surface area contributed by atoms with Crippen molar-refractivity contribution in [3.63, 3.8) is 0 Å². The molecule has 94 valence electrons. The van der Waals surface area contributed by atoms with Crippen LogP contribution in [0.15, 0.2) is 30.7 Å². The normalized spacial score (nSPS) is 10.3. The third-order valence-corrected chi connectivity index (χ3v) is 2.37. The Labute approximate surface area is 103 Å². The number of carbonyl (C=O) groups excluding carboxylic acids is 1. The standard InChI is InChI=1S/C12H12FN3O2/c1-16-6-10(14)3-11(16)12(17)18-7-8-2-9(13)5-15-4-8/h2-6H,7,14H2,1H3. The molecule has 0 spiro atoms. The predicted octanol–water partition coefficient (Wildman–Crippen LogP) is 1.50. The van der Waals surface area contributed by atoms with Crippen molar-refractivity contribution in [2.24, 2.45) is 7.05 Å². The second-order valence-corrected chi connectivity index (χ2v) is 3.86. The highest BCUT2D eigenvalue weighted by Gasteiger charge is 2.12. The van der Waals surface area contributed by atoms with E-state index in [1.54, 1.807) is 17.8 Å². The molecule has 5 nitrogen and oxygen atoms in total. The third-order valence-electron chi connectivity index (χ3n) is 2.37. The van der Waals surface area contributed by atoms with Gasteiger partial charge in [-0.3, -0.25) is 4.98 Å². The number of rotatable bonds is 3. The Kier molecular flexibility index (Phi) is 3.27. The zero-order chi connectivity index (χ0) is 13.1. The minimum absolute atomic E-state index is 0.0331. The monoisotopic (exact) mass is 249 g/mol. The Morgan fingerprint density at radius 1 is 1.50 bits per heavy atom. The summed E-state index contributed by atoms with van der Waals surface area (Å²) in [5.74, 6) is -0.981. The first-order valence-corrected chi connectivity index (χ1v) is 5.24. The molecule has 0 aromatic carbocycles. The molecule has 0 unspecified atom stereocenters. The van der Waals surface area contributed by atoms with E-state index in [2.05, 4.69) is 4.98 Å². The van der Waals surface area contributed by atoms with Gasteiger partial charge < -0.3 is 15.0 Å². The lowest BCUT2D eigenvalue weighted by Crippen LogP contribution is -2.09. The number of nitrogens with zero attached hydrogens (tertiary/aromatic N) is 2. The molecule has 2 aromatic rings. The summed E-state index contributed by atoms with van der Waals surface area (Å²) < 4.78 is 19.5. The second kappa shape index (κ2) is 4.87. The zero-order valence-corrected chi connectivity index (χ0v) is 9.76. The van der Waals surface area contributed by atoms with Gasteiger partial charge in [0.1, 0.15) is 18.1 Å². The lowest BCUT2D eigenvalue weighted by molar-refractivity contribution is 0.0460. The molecule has 2 N–H and O–H groups in total. The van der Waals surface area contributed by atoms with E-state index in [0.717, 1.165) is 6.20 Å². The summed E-state index contributed by atoms with van der Waals surface area (Å²) in [7, 11) is 1.69. The number of aryl methyl sites for hydroxylation is 1. The highest BCUT2D eigenvalue weighted by molar-refractivity contribution is 5.89. The summed E-state index contributed by atoms with van der Waals surface area (Å²) in [4.78, 5) is 15.4. The largest absolute Gasteiger partial charge is 0.456 e. The van der Waals surface area contributed by atoms with E-state index in [1.165, 1.54) is 18.3 Å². The Hall–Kier alpha value is -2.37. The molecule has 0 saturated heterocycles. The van der Waals surface area contributed by atoms with Gasteiger partial charge in [0.05, 0.1) is 11.9 Å². The van der Waals surface area contributed by atoms with Crippen LogP contribution in [0.4, 0.5) is 10.1 Å². The highest BCUT2D eigenvalue weighted by atomic mass is 19.1. The summed E-state index contributed by atoms with van der Waals surface area (Å²) in [5, 5.41) is 0. The van der Waals surface area contributed by atoms with Gasteiger partial charge in [0.15, 0.2) is 0 Å². The quantitative estimate of drug-likeness (QED) is 0.837. The van der Waals surface area contributed by atoms with Gasteiger partial charge in [0.25, 0.3) is 0 Å². The smallest absolute Gasteiger partial charge is 0.355 e. The number of halogens is 1. The van der Waals surface area contributed by atoms with E-state index >= 15 is 0 Å². The van der Waals surface area contributed by atoms with Crippen molar-refractivity contribution >= 4 is 11.7 Å². The average molecular weight is 249 g/mol. The molecule has 0 fully saturated rings. The zero-order valence-electron chi connectivity index (χ0n) is 9.76. The molecule has 0 radical (unpaired) electrons. The first-order chi connectivity index (χ1) is 8.56. The maximum absolute atomic E-state index is 12.9. The van der Waals surface area contributed by atoms with Crippen LogP contribution in [-0.4, -0.2) is 15.5 Å².